The molecule has 3 aromatic rings. The maximum absolute atomic E-state index is 13.9. The molecule has 5 nitrogen and oxygen atoms in total. The third-order valence-corrected chi connectivity index (χ3v) is 5.30. The fourth-order valence-electron chi connectivity index (χ4n) is 3.64. The van der Waals surface area contributed by atoms with Gasteiger partial charge in [-0.2, -0.15) is 0 Å². The summed E-state index contributed by atoms with van der Waals surface area (Å²) in [6.45, 7) is 3.52. The minimum atomic E-state index is -0.345. The van der Waals surface area contributed by atoms with Crippen LogP contribution in [-0.4, -0.2) is 53.6 Å². The largest absolute Gasteiger partial charge is 0.494 e. The zero-order valence-corrected chi connectivity index (χ0v) is 16.4. The molecule has 29 heavy (non-hydrogen) atoms. The number of methoxy groups -OCH3 is 1. The molecular formula is C23H24FN3O2. The number of carbonyl (C=O) groups is 1. The van der Waals surface area contributed by atoms with Gasteiger partial charge in [-0.25, -0.2) is 4.39 Å². The number of rotatable bonds is 5. The molecule has 1 aliphatic heterocycles. The van der Waals surface area contributed by atoms with Crippen molar-refractivity contribution in [2.24, 2.45) is 0 Å². The number of hydrogen-bond donors (Lipinski definition) is 0. The molecule has 0 bridgehead atoms. The fourth-order valence-corrected chi connectivity index (χ4v) is 3.64. The second-order valence-corrected chi connectivity index (χ2v) is 7.17. The molecule has 1 amide bonds. The van der Waals surface area contributed by atoms with Crippen molar-refractivity contribution in [1.82, 2.24) is 14.4 Å². The molecular weight excluding hydrogens is 369 g/mol. The summed E-state index contributed by atoms with van der Waals surface area (Å²) in [4.78, 5) is 16.9. The Morgan fingerprint density at radius 3 is 2.31 bits per heavy atom. The molecule has 1 saturated heterocycles. The first-order chi connectivity index (χ1) is 14.1. The van der Waals surface area contributed by atoms with Crippen LogP contribution in [-0.2, 0) is 6.54 Å². The van der Waals surface area contributed by atoms with Crippen LogP contribution < -0.4 is 4.74 Å². The normalized spacial score (nSPS) is 14.8. The number of nitrogens with zero attached hydrogens (tertiary/aromatic N) is 3. The smallest absolute Gasteiger partial charge is 0.253 e. The van der Waals surface area contributed by atoms with Crippen molar-refractivity contribution < 1.29 is 13.9 Å². The Balaban J connectivity index is 1.33. The lowest BCUT2D eigenvalue weighted by molar-refractivity contribution is 0.0628. The summed E-state index contributed by atoms with van der Waals surface area (Å²) in [5.41, 5.74) is 2.64. The summed E-state index contributed by atoms with van der Waals surface area (Å²) in [7, 11) is 1.46. The quantitative estimate of drug-likeness (QED) is 0.665. The van der Waals surface area contributed by atoms with Crippen LogP contribution in [0, 0.1) is 5.82 Å². The highest BCUT2D eigenvalue weighted by molar-refractivity contribution is 5.94. The monoisotopic (exact) mass is 393 g/mol. The van der Waals surface area contributed by atoms with Gasteiger partial charge in [-0.3, -0.25) is 9.69 Å². The van der Waals surface area contributed by atoms with Gasteiger partial charge in [-0.05, 0) is 54.1 Å². The molecule has 0 aliphatic carbocycles. The fraction of sp³-hybridized carbons (Fsp3) is 0.261. The van der Waals surface area contributed by atoms with Gasteiger partial charge >= 0.3 is 0 Å². The van der Waals surface area contributed by atoms with Crippen LogP contribution in [0.2, 0.25) is 0 Å². The van der Waals surface area contributed by atoms with Gasteiger partial charge in [0.05, 0.1) is 7.11 Å². The highest BCUT2D eigenvalue weighted by atomic mass is 19.1. The molecule has 1 aromatic heterocycles. The predicted molar refractivity (Wildman–Crippen MR) is 110 cm³/mol. The van der Waals surface area contributed by atoms with Gasteiger partial charge in [0, 0.05) is 56.4 Å². The van der Waals surface area contributed by atoms with Crippen molar-refractivity contribution in [2.45, 2.75) is 6.54 Å². The van der Waals surface area contributed by atoms with E-state index in [9.17, 15) is 9.18 Å². The van der Waals surface area contributed by atoms with E-state index in [0.717, 1.165) is 24.3 Å². The van der Waals surface area contributed by atoms with Crippen LogP contribution >= 0.6 is 0 Å². The molecule has 0 atom stereocenters. The lowest BCUT2D eigenvalue weighted by atomic mass is 10.1. The lowest BCUT2D eigenvalue weighted by Gasteiger charge is -2.34. The number of amides is 1. The molecule has 1 aliphatic rings. The number of ether oxygens (including phenoxy) is 1. The Morgan fingerprint density at radius 1 is 1.00 bits per heavy atom. The number of piperazine rings is 1. The van der Waals surface area contributed by atoms with Gasteiger partial charge in [0.2, 0.25) is 0 Å². The first-order valence-corrected chi connectivity index (χ1v) is 9.71. The molecule has 2 heterocycles. The van der Waals surface area contributed by atoms with E-state index < -0.39 is 0 Å². The van der Waals surface area contributed by atoms with Gasteiger partial charge in [-0.1, -0.05) is 6.07 Å². The standard InChI is InChI=1S/C23H24FN3O2/c1-29-22-9-4-18(16-21(22)24)17-25-12-14-27(15-13-25)23(28)19-5-7-20(8-6-19)26-10-2-3-11-26/h2-11,16H,12-15,17H2,1H3. The molecule has 1 fully saturated rings. The van der Waals surface area contributed by atoms with Crippen LogP contribution in [0.25, 0.3) is 5.69 Å². The van der Waals surface area contributed by atoms with E-state index in [1.54, 1.807) is 6.07 Å². The third kappa shape index (κ3) is 4.32. The molecule has 0 spiro atoms. The molecule has 0 unspecified atom stereocenters. The van der Waals surface area contributed by atoms with Gasteiger partial charge in [-0.15, -0.1) is 0 Å². The highest BCUT2D eigenvalue weighted by Gasteiger charge is 2.22. The van der Waals surface area contributed by atoms with Crippen LogP contribution in [0.4, 0.5) is 4.39 Å². The zero-order chi connectivity index (χ0) is 20.2. The van der Waals surface area contributed by atoms with Crippen molar-refractivity contribution in [3.63, 3.8) is 0 Å². The summed E-state index contributed by atoms with van der Waals surface area (Å²) in [5.74, 6) is -0.0340. The molecule has 0 radical (unpaired) electrons. The van der Waals surface area contributed by atoms with Crippen molar-refractivity contribution >= 4 is 5.91 Å². The molecule has 150 valence electrons. The van der Waals surface area contributed by atoms with Crippen LogP contribution in [0.1, 0.15) is 15.9 Å². The predicted octanol–water partition coefficient (Wildman–Crippen LogP) is 3.58. The molecule has 4 rings (SSSR count). The first kappa shape index (κ1) is 19.2. The van der Waals surface area contributed by atoms with Crippen LogP contribution in [0.3, 0.4) is 0 Å². The lowest BCUT2D eigenvalue weighted by Crippen LogP contribution is -2.48. The highest BCUT2D eigenvalue weighted by Crippen LogP contribution is 2.19. The molecule has 0 N–H and O–H groups in total. The Labute approximate surface area is 169 Å². The van der Waals surface area contributed by atoms with Gasteiger partial charge < -0.3 is 14.2 Å². The van der Waals surface area contributed by atoms with Gasteiger partial charge in [0.15, 0.2) is 11.6 Å². The maximum Gasteiger partial charge on any atom is 0.253 e. The Hall–Kier alpha value is -3.12. The summed E-state index contributed by atoms with van der Waals surface area (Å²) in [6, 6.07) is 16.7. The summed E-state index contributed by atoms with van der Waals surface area (Å²) in [5, 5.41) is 0. The Bertz CT molecular complexity index is 962. The first-order valence-electron chi connectivity index (χ1n) is 9.71. The zero-order valence-electron chi connectivity index (χ0n) is 16.4. The number of halogens is 1. The van der Waals surface area contributed by atoms with E-state index in [4.69, 9.17) is 4.74 Å². The third-order valence-electron chi connectivity index (χ3n) is 5.30. The number of hydrogen-bond acceptors (Lipinski definition) is 3. The number of benzene rings is 2. The van der Waals surface area contributed by atoms with Crippen molar-refractivity contribution in [1.29, 1.82) is 0 Å². The average Bonchev–Trinajstić information content (AvgIpc) is 3.29. The van der Waals surface area contributed by atoms with E-state index in [-0.39, 0.29) is 17.5 Å². The minimum Gasteiger partial charge on any atom is -0.494 e. The summed E-state index contributed by atoms with van der Waals surface area (Å²) in [6.07, 6.45) is 3.95. The molecule has 0 saturated carbocycles. The Morgan fingerprint density at radius 2 is 1.69 bits per heavy atom. The second-order valence-electron chi connectivity index (χ2n) is 7.17. The molecule has 6 heteroatoms. The summed E-state index contributed by atoms with van der Waals surface area (Å²) < 4.78 is 20.9. The second kappa shape index (κ2) is 8.49. The van der Waals surface area contributed by atoms with Crippen molar-refractivity contribution in [2.75, 3.05) is 33.3 Å². The average molecular weight is 393 g/mol. The van der Waals surface area contributed by atoms with E-state index in [1.165, 1.54) is 13.2 Å². The SMILES string of the molecule is COc1ccc(CN2CCN(C(=O)c3ccc(-n4cccc4)cc3)CC2)cc1F. The van der Waals surface area contributed by atoms with Crippen LogP contribution in [0.15, 0.2) is 67.0 Å². The van der Waals surface area contributed by atoms with E-state index in [0.29, 0.717) is 25.2 Å². The van der Waals surface area contributed by atoms with E-state index in [2.05, 4.69) is 4.90 Å². The summed E-state index contributed by atoms with van der Waals surface area (Å²) >= 11 is 0. The van der Waals surface area contributed by atoms with Crippen molar-refractivity contribution in [3.8, 4) is 11.4 Å². The molecule has 2 aromatic carbocycles. The van der Waals surface area contributed by atoms with Gasteiger partial charge in [0.1, 0.15) is 0 Å². The maximum atomic E-state index is 13.9. The van der Waals surface area contributed by atoms with Gasteiger partial charge in [0.25, 0.3) is 5.91 Å². The van der Waals surface area contributed by atoms with Crippen molar-refractivity contribution in [3.05, 3.63) is 83.9 Å². The number of carbonyl (C=O) groups excluding carboxylic acids is 1. The number of aromatic nitrogens is 1. The van der Waals surface area contributed by atoms with E-state index >= 15 is 0 Å². The topological polar surface area (TPSA) is 37.7 Å². The minimum absolute atomic E-state index is 0.0548. The van der Waals surface area contributed by atoms with E-state index in [1.807, 2.05) is 64.3 Å². The Kier molecular flexibility index (Phi) is 5.62. The van der Waals surface area contributed by atoms with Crippen LogP contribution in [0.5, 0.6) is 5.75 Å².